The van der Waals surface area contributed by atoms with Gasteiger partial charge >= 0.3 is 12.1 Å². The second kappa shape index (κ2) is 13.6. The van der Waals surface area contributed by atoms with Gasteiger partial charge in [0.05, 0.1) is 11.6 Å². The summed E-state index contributed by atoms with van der Waals surface area (Å²) in [6, 6.07) is 7.23. The maximum atomic E-state index is 14.0. The van der Waals surface area contributed by atoms with Crippen molar-refractivity contribution in [3.63, 3.8) is 0 Å². The van der Waals surface area contributed by atoms with Crippen molar-refractivity contribution < 1.29 is 28.7 Å². The lowest BCUT2D eigenvalue weighted by molar-refractivity contribution is -0.158. The molecule has 10 nitrogen and oxygen atoms in total. The topological polar surface area (TPSA) is 129 Å². The van der Waals surface area contributed by atoms with Gasteiger partial charge in [0.2, 0.25) is 11.8 Å². The highest BCUT2D eigenvalue weighted by Gasteiger charge is 2.42. The number of hydrogen-bond acceptors (Lipinski definition) is 7. The molecule has 1 aliphatic rings. The number of amides is 3. The number of nitrogens with zero attached hydrogens (tertiary/aromatic N) is 3. The molecule has 1 aromatic carbocycles. The van der Waals surface area contributed by atoms with Crippen LogP contribution in [-0.2, 0) is 30.4 Å². The average Bonchev–Trinajstić information content (AvgIpc) is 3.32. The van der Waals surface area contributed by atoms with Crippen LogP contribution in [0.3, 0.4) is 0 Å². The van der Waals surface area contributed by atoms with Crippen LogP contribution < -0.4 is 5.32 Å². The minimum Gasteiger partial charge on any atom is -0.459 e. The van der Waals surface area contributed by atoms with Crippen LogP contribution in [0.2, 0.25) is 0 Å². The van der Waals surface area contributed by atoms with Crippen molar-refractivity contribution in [3.05, 3.63) is 35.4 Å². The predicted molar refractivity (Wildman–Crippen MR) is 150 cm³/mol. The van der Waals surface area contributed by atoms with E-state index in [1.807, 2.05) is 13.8 Å². The number of nitriles is 1. The Hall–Kier alpha value is -3.61. The van der Waals surface area contributed by atoms with Crippen molar-refractivity contribution in [2.75, 3.05) is 13.1 Å². The van der Waals surface area contributed by atoms with E-state index in [-0.39, 0.29) is 24.8 Å². The summed E-state index contributed by atoms with van der Waals surface area (Å²) in [5.41, 5.74) is -0.272. The van der Waals surface area contributed by atoms with Gasteiger partial charge in [0.15, 0.2) is 0 Å². The molecule has 1 aromatic rings. The molecule has 40 heavy (non-hydrogen) atoms. The highest BCUT2D eigenvalue weighted by Crippen LogP contribution is 2.25. The van der Waals surface area contributed by atoms with Gasteiger partial charge < -0.3 is 19.7 Å². The molecule has 0 saturated carbocycles. The summed E-state index contributed by atoms with van der Waals surface area (Å²) in [5, 5.41) is 11.9. The van der Waals surface area contributed by atoms with Crippen LogP contribution in [-0.4, -0.2) is 70.1 Å². The smallest absolute Gasteiger partial charge is 0.411 e. The van der Waals surface area contributed by atoms with E-state index in [2.05, 4.69) is 11.4 Å². The summed E-state index contributed by atoms with van der Waals surface area (Å²) < 4.78 is 11.1. The van der Waals surface area contributed by atoms with Gasteiger partial charge in [-0.25, -0.2) is 4.79 Å². The molecule has 2 atom stereocenters. The third-order valence-corrected chi connectivity index (χ3v) is 6.09. The fourth-order valence-corrected chi connectivity index (χ4v) is 4.44. The number of carbonyl (C=O) groups excluding carboxylic acids is 4. The Balaban J connectivity index is 2.29. The van der Waals surface area contributed by atoms with Gasteiger partial charge in [-0.3, -0.25) is 19.3 Å². The fourth-order valence-electron chi connectivity index (χ4n) is 4.44. The molecule has 0 spiro atoms. The van der Waals surface area contributed by atoms with Gasteiger partial charge in [-0.15, -0.1) is 0 Å². The molecule has 10 heteroatoms. The van der Waals surface area contributed by atoms with E-state index < -0.39 is 47.8 Å². The van der Waals surface area contributed by atoms with Gasteiger partial charge in [0.25, 0.3) is 0 Å². The third-order valence-electron chi connectivity index (χ3n) is 6.09. The second-order valence-corrected chi connectivity index (χ2v) is 12.6. The molecule has 0 radical (unpaired) electrons. The summed E-state index contributed by atoms with van der Waals surface area (Å²) in [5.74, 6) is -1.35. The van der Waals surface area contributed by atoms with E-state index in [0.717, 1.165) is 10.5 Å². The zero-order valence-corrected chi connectivity index (χ0v) is 25.1. The molecule has 1 fully saturated rings. The van der Waals surface area contributed by atoms with E-state index in [1.165, 1.54) is 4.90 Å². The maximum absolute atomic E-state index is 14.0. The lowest BCUT2D eigenvalue weighted by atomic mass is 10.0. The SMILES string of the molecule is CC(C)CC(C(=O)N1CCC[C@H]1C(=O)NCc1ccc(C#N)cc1)N(CC(=O)OC(C)(C)C)C(=O)OC(C)(C)C. The molecule has 1 N–H and O–H groups in total. The first kappa shape index (κ1) is 32.6. The van der Waals surface area contributed by atoms with Gasteiger partial charge in [-0.05, 0) is 84.4 Å². The minimum absolute atomic E-state index is 0.00350. The fraction of sp³-hybridized carbons (Fsp3) is 0.633. The molecular formula is C30H44N4O6. The number of hydrogen-bond donors (Lipinski definition) is 1. The Labute approximate surface area is 238 Å². The normalized spacial score (nSPS) is 16.2. The van der Waals surface area contributed by atoms with E-state index in [9.17, 15) is 19.2 Å². The number of esters is 1. The predicted octanol–water partition coefficient (Wildman–Crippen LogP) is 4.16. The zero-order valence-electron chi connectivity index (χ0n) is 25.1. The quantitative estimate of drug-likeness (QED) is 0.452. The van der Waals surface area contributed by atoms with Crippen LogP contribution in [0.5, 0.6) is 0 Å². The number of benzene rings is 1. The summed E-state index contributed by atoms with van der Waals surface area (Å²) in [6.07, 6.45) is 0.598. The Bertz CT molecular complexity index is 1100. The van der Waals surface area contributed by atoms with E-state index in [0.29, 0.717) is 24.9 Å². The molecule has 1 aliphatic heterocycles. The van der Waals surface area contributed by atoms with Crippen molar-refractivity contribution in [1.29, 1.82) is 5.26 Å². The average molecular weight is 557 g/mol. The lowest BCUT2D eigenvalue weighted by Crippen LogP contribution is -2.57. The molecule has 3 amide bonds. The van der Waals surface area contributed by atoms with Crippen LogP contribution in [0, 0.1) is 17.2 Å². The second-order valence-electron chi connectivity index (χ2n) is 12.6. The molecule has 1 unspecified atom stereocenters. The van der Waals surface area contributed by atoms with Gasteiger partial charge in [0.1, 0.15) is 29.8 Å². The van der Waals surface area contributed by atoms with Crippen molar-refractivity contribution in [3.8, 4) is 6.07 Å². The van der Waals surface area contributed by atoms with E-state index in [1.54, 1.807) is 65.8 Å². The van der Waals surface area contributed by atoms with Gasteiger partial charge in [0, 0.05) is 13.1 Å². The summed E-state index contributed by atoms with van der Waals surface area (Å²) in [6.45, 7) is 14.3. The monoisotopic (exact) mass is 556 g/mol. The first-order valence-electron chi connectivity index (χ1n) is 13.8. The van der Waals surface area contributed by atoms with Crippen LogP contribution in [0.1, 0.15) is 85.8 Å². The van der Waals surface area contributed by atoms with Crippen molar-refractivity contribution >= 4 is 23.9 Å². The molecular weight excluding hydrogens is 512 g/mol. The zero-order chi connectivity index (χ0) is 30.3. The summed E-state index contributed by atoms with van der Waals surface area (Å²) in [4.78, 5) is 56.1. The van der Waals surface area contributed by atoms with Crippen molar-refractivity contribution in [2.45, 2.75) is 104 Å². The maximum Gasteiger partial charge on any atom is 0.411 e. The highest BCUT2D eigenvalue weighted by molar-refractivity contribution is 5.92. The van der Waals surface area contributed by atoms with E-state index >= 15 is 0 Å². The first-order chi connectivity index (χ1) is 18.5. The Morgan fingerprint density at radius 2 is 1.65 bits per heavy atom. The number of ether oxygens (including phenoxy) is 2. The van der Waals surface area contributed by atoms with Crippen LogP contribution in [0.15, 0.2) is 24.3 Å². The first-order valence-corrected chi connectivity index (χ1v) is 13.8. The third kappa shape index (κ3) is 10.2. The van der Waals surface area contributed by atoms with Crippen LogP contribution >= 0.6 is 0 Å². The number of rotatable bonds is 9. The molecule has 1 saturated heterocycles. The lowest BCUT2D eigenvalue weighted by Gasteiger charge is -2.36. The molecule has 0 bridgehead atoms. The molecule has 2 rings (SSSR count). The van der Waals surface area contributed by atoms with Gasteiger partial charge in [-0.2, -0.15) is 5.26 Å². The van der Waals surface area contributed by atoms with Crippen molar-refractivity contribution in [2.24, 2.45) is 5.92 Å². The minimum atomic E-state index is -1.02. The molecule has 0 aliphatic carbocycles. The number of nitrogens with one attached hydrogen (secondary N) is 1. The summed E-state index contributed by atoms with van der Waals surface area (Å²) in [7, 11) is 0. The van der Waals surface area contributed by atoms with Gasteiger partial charge in [-0.1, -0.05) is 26.0 Å². The summed E-state index contributed by atoms with van der Waals surface area (Å²) >= 11 is 0. The Morgan fingerprint density at radius 1 is 1.05 bits per heavy atom. The number of likely N-dealkylation sites (tertiary alicyclic amines) is 1. The van der Waals surface area contributed by atoms with E-state index in [4.69, 9.17) is 14.7 Å². The Morgan fingerprint density at radius 3 is 2.17 bits per heavy atom. The van der Waals surface area contributed by atoms with Crippen LogP contribution in [0.25, 0.3) is 0 Å². The largest absolute Gasteiger partial charge is 0.459 e. The standard InChI is InChI=1S/C30H44N4O6/c1-20(2)16-24(34(28(38)40-30(6,7)8)19-25(35)39-29(3,4)5)27(37)33-15-9-10-23(33)26(36)32-18-22-13-11-21(17-31)12-14-22/h11-14,20,23-24H,9-10,15-16,18-19H2,1-8H3,(H,32,36)/t23-,24?/m0/s1. The molecule has 0 aromatic heterocycles. The Kier molecular flexibility index (Phi) is 11.1. The number of carbonyl (C=O) groups is 4. The van der Waals surface area contributed by atoms with Crippen LogP contribution in [0.4, 0.5) is 4.79 Å². The molecule has 1 heterocycles. The highest BCUT2D eigenvalue weighted by atomic mass is 16.6. The molecule has 220 valence electrons. The van der Waals surface area contributed by atoms with Crippen molar-refractivity contribution in [1.82, 2.24) is 15.1 Å².